The van der Waals surface area contributed by atoms with Crippen LogP contribution in [0.15, 0.2) is 18.2 Å². The van der Waals surface area contributed by atoms with Crippen LogP contribution in [0.4, 0.5) is 5.69 Å². The number of aryl methyl sites for hydroxylation is 1. The fraction of sp³-hybridized carbons (Fsp3) is 0.385. The molecule has 2 rings (SSSR count). The molecule has 0 aliphatic carbocycles. The normalized spacial score (nSPS) is 10.9. The molecular weight excluding hydrogens is 228 g/mol. The largest absolute Gasteiger partial charge is 0.495 e. The van der Waals surface area contributed by atoms with E-state index in [0.717, 1.165) is 17.2 Å². The Kier molecular flexibility index (Phi) is 3.23. The predicted molar refractivity (Wildman–Crippen MR) is 71.5 cm³/mol. The predicted octanol–water partition coefficient (Wildman–Crippen LogP) is 2.43. The van der Waals surface area contributed by atoms with E-state index in [-0.39, 0.29) is 0 Å². The summed E-state index contributed by atoms with van der Waals surface area (Å²) in [5, 5.41) is 8.35. The van der Waals surface area contributed by atoms with Crippen LogP contribution < -0.4 is 10.5 Å². The molecule has 0 fully saturated rings. The summed E-state index contributed by atoms with van der Waals surface area (Å²) in [5.74, 6) is 2.40. The van der Waals surface area contributed by atoms with Crippen LogP contribution in [0, 0.1) is 6.92 Å². The maximum Gasteiger partial charge on any atom is 0.164 e. The number of ether oxygens (including phenoxy) is 1. The molecule has 0 saturated heterocycles. The lowest BCUT2D eigenvalue weighted by Crippen LogP contribution is -2.05. The number of nitrogens with zero attached hydrogens (tertiary/aromatic N) is 3. The Morgan fingerprint density at radius 1 is 1.28 bits per heavy atom. The molecule has 1 aromatic heterocycles. The number of anilines is 1. The second kappa shape index (κ2) is 4.68. The van der Waals surface area contributed by atoms with Crippen LogP contribution in [-0.2, 0) is 0 Å². The molecule has 0 unspecified atom stereocenters. The zero-order valence-electron chi connectivity index (χ0n) is 11.1. The van der Waals surface area contributed by atoms with Crippen LogP contribution >= 0.6 is 0 Å². The minimum Gasteiger partial charge on any atom is -0.495 e. The van der Waals surface area contributed by atoms with Gasteiger partial charge in [-0.25, -0.2) is 0 Å². The van der Waals surface area contributed by atoms with Gasteiger partial charge in [0.15, 0.2) is 5.82 Å². The molecule has 2 aromatic rings. The lowest BCUT2D eigenvalue weighted by Gasteiger charge is -2.13. The van der Waals surface area contributed by atoms with Gasteiger partial charge in [-0.1, -0.05) is 0 Å². The summed E-state index contributed by atoms with van der Waals surface area (Å²) in [5.41, 5.74) is 7.47. The van der Waals surface area contributed by atoms with Crippen LogP contribution in [0.1, 0.15) is 25.7 Å². The second-order valence-electron chi connectivity index (χ2n) is 4.49. The van der Waals surface area contributed by atoms with Crippen molar-refractivity contribution >= 4 is 5.69 Å². The molecule has 1 aromatic carbocycles. The number of nitrogens with two attached hydrogens (primary N) is 1. The van der Waals surface area contributed by atoms with Gasteiger partial charge in [0.25, 0.3) is 0 Å². The average molecular weight is 246 g/mol. The Hall–Kier alpha value is -2.04. The molecule has 0 amide bonds. The third-order valence-corrected chi connectivity index (χ3v) is 2.87. The van der Waals surface area contributed by atoms with Crippen molar-refractivity contribution in [2.75, 3.05) is 12.8 Å². The van der Waals surface area contributed by atoms with Crippen molar-refractivity contribution in [2.45, 2.75) is 26.8 Å². The zero-order valence-corrected chi connectivity index (χ0v) is 11.1. The Morgan fingerprint density at radius 2 is 2.00 bits per heavy atom. The monoisotopic (exact) mass is 246 g/mol. The summed E-state index contributed by atoms with van der Waals surface area (Å²) in [6.07, 6.45) is 0. The molecule has 0 radical (unpaired) electrons. The van der Waals surface area contributed by atoms with Gasteiger partial charge in [-0.05, 0) is 39.0 Å². The number of benzene rings is 1. The van der Waals surface area contributed by atoms with Gasteiger partial charge >= 0.3 is 0 Å². The number of hydrogen-bond acceptors (Lipinski definition) is 4. The summed E-state index contributed by atoms with van der Waals surface area (Å²) in [4.78, 5) is 0. The van der Waals surface area contributed by atoms with Gasteiger partial charge in [0.1, 0.15) is 11.6 Å². The van der Waals surface area contributed by atoms with E-state index in [0.29, 0.717) is 17.5 Å². The van der Waals surface area contributed by atoms with E-state index in [1.165, 1.54) is 0 Å². The summed E-state index contributed by atoms with van der Waals surface area (Å²) in [6, 6.07) is 5.95. The third kappa shape index (κ3) is 2.03. The number of aromatic nitrogens is 3. The fourth-order valence-electron chi connectivity index (χ4n) is 2.06. The summed E-state index contributed by atoms with van der Waals surface area (Å²) < 4.78 is 7.24. The molecular formula is C13H18N4O. The molecule has 0 aliphatic rings. The topological polar surface area (TPSA) is 66.0 Å². The fourth-order valence-corrected chi connectivity index (χ4v) is 2.06. The summed E-state index contributed by atoms with van der Waals surface area (Å²) in [7, 11) is 1.60. The maximum absolute atomic E-state index is 5.92. The van der Waals surface area contributed by atoms with Crippen molar-refractivity contribution in [2.24, 2.45) is 0 Å². The van der Waals surface area contributed by atoms with Crippen molar-refractivity contribution in [3.05, 3.63) is 24.0 Å². The Labute approximate surface area is 107 Å². The van der Waals surface area contributed by atoms with E-state index >= 15 is 0 Å². The maximum atomic E-state index is 5.92. The molecule has 5 nitrogen and oxygen atoms in total. The van der Waals surface area contributed by atoms with Crippen LogP contribution in [-0.4, -0.2) is 21.9 Å². The SMILES string of the molecule is COc1ccc(-c2nnc(C)n2C(C)C)cc1N. The number of nitrogen functional groups attached to an aromatic ring is 1. The molecule has 0 saturated carbocycles. The second-order valence-corrected chi connectivity index (χ2v) is 4.49. The molecule has 0 spiro atoms. The first kappa shape index (κ1) is 12.4. The molecule has 1 heterocycles. The van der Waals surface area contributed by atoms with Crippen molar-refractivity contribution in [1.82, 2.24) is 14.8 Å². The van der Waals surface area contributed by atoms with Crippen molar-refractivity contribution in [1.29, 1.82) is 0 Å². The first-order valence-electron chi connectivity index (χ1n) is 5.90. The van der Waals surface area contributed by atoms with Crippen molar-refractivity contribution in [3.63, 3.8) is 0 Å². The number of methoxy groups -OCH3 is 1. The lowest BCUT2D eigenvalue weighted by atomic mass is 10.1. The van der Waals surface area contributed by atoms with Gasteiger partial charge < -0.3 is 15.0 Å². The van der Waals surface area contributed by atoms with Crippen LogP contribution in [0.3, 0.4) is 0 Å². The highest BCUT2D eigenvalue weighted by Crippen LogP contribution is 2.28. The highest BCUT2D eigenvalue weighted by Gasteiger charge is 2.14. The van der Waals surface area contributed by atoms with E-state index in [2.05, 4.69) is 28.6 Å². The highest BCUT2D eigenvalue weighted by molar-refractivity contribution is 5.66. The molecule has 2 N–H and O–H groups in total. The smallest absolute Gasteiger partial charge is 0.164 e. The average Bonchev–Trinajstić information content (AvgIpc) is 2.71. The van der Waals surface area contributed by atoms with Crippen LogP contribution in [0.5, 0.6) is 5.75 Å². The van der Waals surface area contributed by atoms with E-state index in [4.69, 9.17) is 10.5 Å². The van der Waals surface area contributed by atoms with Crippen LogP contribution in [0.2, 0.25) is 0 Å². The van der Waals surface area contributed by atoms with E-state index in [1.807, 2.05) is 25.1 Å². The molecule has 0 atom stereocenters. The van der Waals surface area contributed by atoms with Gasteiger partial charge in [-0.15, -0.1) is 10.2 Å². The van der Waals surface area contributed by atoms with Gasteiger partial charge in [0.05, 0.1) is 12.8 Å². The van der Waals surface area contributed by atoms with E-state index in [1.54, 1.807) is 7.11 Å². The summed E-state index contributed by atoms with van der Waals surface area (Å²) in [6.45, 7) is 6.16. The lowest BCUT2D eigenvalue weighted by molar-refractivity contribution is 0.417. The van der Waals surface area contributed by atoms with Gasteiger partial charge in [0, 0.05) is 11.6 Å². The molecule has 5 heteroatoms. The standard InChI is InChI=1S/C13H18N4O/c1-8(2)17-9(3)15-16-13(17)10-5-6-12(18-4)11(14)7-10/h5-8H,14H2,1-4H3. The first-order chi connectivity index (χ1) is 8.54. The molecule has 18 heavy (non-hydrogen) atoms. The first-order valence-corrected chi connectivity index (χ1v) is 5.90. The third-order valence-electron chi connectivity index (χ3n) is 2.87. The van der Waals surface area contributed by atoms with E-state index < -0.39 is 0 Å². The quantitative estimate of drug-likeness (QED) is 0.845. The molecule has 0 aliphatic heterocycles. The molecule has 96 valence electrons. The van der Waals surface area contributed by atoms with E-state index in [9.17, 15) is 0 Å². The van der Waals surface area contributed by atoms with Crippen molar-refractivity contribution in [3.8, 4) is 17.1 Å². The van der Waals surface area contributed by atoms with Gasteiger partial charge in [0.2, 0.25) is 0 Å². The number of hydrogen-bond donors (Lipinski definition) is 1. The molecule has 0 bridgehead atoms. The highest BCUT2D eigenvalue weighted by atomic mass is 16.5. The number of rotatable bonds is 3. The van der Waals surface area contributed by atoms with Gasteiger partial charge in [-0.3, -0.25) is 0 Å². The Bertz CT molecular complexity index is 560. The minimum atomic E-state index is 0.304. The zero-order chi connectivity index (χ0) is 13.3. The summed E-state index contributed by atoms with van der Waals surface area (Å²) >= 11 is 0. The Balaban J connectivity index is 2.52. The van der Waals surface area contributed by atoms with Crippen LogP contribution in [0.25, 0.3) is 11.4 Å². The van der Waals surface area contributed by atoms with Crippen molar-refractivity contribution < 1.29 is 4.74 Å². The minimum absolute atomic E-state index is 0.304. The van der Waals surface area contributed by atoms with Gasteiger partial charge in [-0.2, -0.15) is 0 Å². The Morgan fingerprint density at radius 3 is 2.56 bits per heavy atom.